The summed E-state index contributed by atoms with van der Waals surface area (Å²) in [4.78, 5) is 10.5. The van der Waals surface area contributed by atoms with Crippen LogP contribution in [-0.2, 0) is 14.3 Å². The molecule has 0 radical (unpaired) electrons. The van der Waals surface area contributed by atoms with Gasteiger partial charge in [0, 0.05) is 0 Å². The average Bonchev–Trinajstić information content (AvgIpc) is 2.34. The highest BCUT2D eigenvalue weighted by Crippen LogP contribution is 2.21. The maximum absolute atomic E-state index is 10.5. The SMILES string of the molecule is N[C@@H](CO[C@H]1O[C@H](CO)[C@@H](O)[C@H](O)[C@@H]1O)C(=O)O. The van der Waals surface area contributed by atoms with Crippen molar-refractivity contribution in [1.29, 1.82) is 0 Å². The van der Waals surface area contributed by atoms with Crippen LogP contribution in [-0.4, -0.2) is 81.5 Å². The molecule has 1 aliphatic heterocycles. The fourth-order valence-electron chi connectivity index (χ4n) is 1.47. The van der Waals surface area contributed by atoms with E-state index in [1.54, 1.807) is 0 Å². The Bertz CT molecular complexity index is 286. The summed E-state index contributed by atoms with van der Waals surface area (Å²) in [5.41, 5.74) is 5.19. The molecule has 1 saturated heterocycles. The molecule has 1 rings (SSSR count). The van der Waals surface area contributed by atoms with E-state index in [4.69, 9.17) is 25.4 Å². The minimum atomic E-state index is -1.57. The zero-order chi connectivity index (χ0) is 13.9. The van der Waals surface area contributed by atoms with E-state index >= 15 is 0 Å². The van der Waals surface area contributed by atoms with Gasteiger partial charge in [0.2, 0.25) is 0 Å². The van der Waals surface area contributed by atoms with Gasteiger partial charge in [-0.1, -0.05) is 0 Å². The first-order valence-electron chi connectivity index (χ1n) is 5.29. The number of carboxylic acid groups (broad SMARTS) is 1. The first-order chi connectivity index (χ1) is 8.38. The number of ether oxygens (including phenoxy) is 2. The van der Waals surface area contributed by atoms with Crippen LogP contribution in [0.3, 0.4) is 0 Å². The summed E-state index contributed by atoms with van der Waals surface area (Å²) >= 11 is 0. The Hall–Kier alpha value is -0.810. The number of aliphatic carboxylic acids is 1. The topological polar surface area (TPSA) is 163 Å². The molecule has 0 spiro atoms. The predicted octanol–water partition coefficient (Wildman–Crippen LogP) is -3.79. The van der Waals surface area contributed by atoms with Crippen molar-refractivity contribution < 1.29 is 39.8 Å². The molecule has 0 amide bonds. The highest BCUT2D eigenvalue weighted by Gasteiger charge is 2.44. The van der Waals surface area contributed by atoms with Crippen molar-refractivity contribution in [3.8, 4) is 0 Å². The molecule has 106 valence electrons. The molecule has 0 aromatic carbocycles. The van der Waals surface area contributed by atoms with Crippen LogP contribution >= 0.6 is 0 Å². The van der Waals surface area contributed by atoms with Crippen LogP contribution in [0.15, 0.2) is 0 Å². The van der Waals surface area contributed by atoms with Gasteiger partial charge in [-0.2, -0.15) is 0 Å². The molecular weight excluding hydrogens is 250 g/mol. The molecule has 1 heterocycles. The maximum atomic E-state index is 10.5. The molecule has 0 bridgehead atoms. The number of rotatable bonds is 5. The van der Waals surface area contributed by atoms with Gasteiger partial charge in [0.15, 0.2) is 6.29 Å². The molecular formula is C9H17NO8. The molecule has 6 atom stereocenters. The van der Waals surface area contributed by atoms with E-state index in [-0.39, 0.29) is 0 Å². The lowest BCUT2D eigenvalue weighted by Crippen LogP contribution is -2.59. The fraction of sp³-hybridized carbons (Fsp3) is 0.889. The molecule has 0 aromatic heterocycles. The monoisotopic (exact) mass is 267 g/mol. The molecule has 0 saturated carbocycles. The van der Waals surface area contributed by atoms with Gasteiger partial charge in [0.05, 0.1) is 13.2 Å². The number of aliphatic hydroxyl groups excluding tert-OH is 4. The van der Waals surface area contributed by atoms with Crippen LogP contribution in [0, 0.1) is 0 Å². The van der Waals surface area contributed by atoms with Gasteiger partial charge in [0.25, 0.3) is 0 Å². The van der Waals surface area contributed by atoms with Crippen molar-refractivity contribution >= 4 is 5.97 Å². The second kappa shape index (κ2) is 6.38. The maximum Gasteiger partial charge on any atom is 0.322 e. The van der Waals surface area contributed by atoms with Gasteiger partial charge < -0.3 is 40.7 Å². The van der Waals surface area contributed by atoms with Gasteiger partial charge in [-0.15, -0.1) is 0 Å². The van der Waals surface area contributed by atoms with Crippen LogP contribution < -0.4 is 5.73 Å². The molecule has 1 fully saturated rings. The zero-order valence-electron chi connectivity index (χ0n) is 9.42. The lowest BCUT2D eigenvalue weighted by molar-refractivity contribution is -0.301. The van der Waals surface area contributed by atoms with Crippen molar-refractivity contribution in [2.75, 3.05) is 13.2 Å². The summed E-state index contributed by atoms with van der Waals surface area (Å²) in [5, 5.41) is 45.9. The molecule has 9 heteroatoms. The summed E-state index contributed by atoms with van der Waals surface area (Å²) in [6.07, 6.45) is -7.09. The molecule has 0 aromatic rings. The van der Waals surface area contributed by atoms with Crippen LogP contribution in [0.25, 0.3) is 0 Å². The number of hydrogen-bond donors (Lipinski definition) is 6. The number of carboxylic acids is 1. The molecule has 9 nitrogen and oxygen atoms in total. The standard InChI is InChI=1S/C9H17NO8/c10-3(8(15)16)2-17-9-7(14)6(13)5(12)4(1-11)18-9/h3-7,9,11-14H,1-2,10H2,(H,15,16)/t3-,4+,5+,6-,7-,9-/m0/s1. The van der Waals surface area contributed by atoms with Crippen molar-refractivity contribution in [3.63, 3.8) is 0 Å². The van der Waals surface area contributed by atoms with E-state index in [1.807, 2.05) is 0 Å². The Kier molecular flexibility index (Phi) is 5.41. The zero-order valence-corrected chi connectivity index (χ0v) is 9.42. The van der Waals surface area contributed by atoms with Crippen molar-refractivity contribution in [2.45, 2.75) is 36.7 Å². The van der Waals surface area contributed by atoms with Crippen LogP contribution in [0.4, 0.5) is 0 Å². The summed E-state index contributed by atoms with van der Waals surface area (Å²) in [6, 6.07) is -1.31. The van der Waals surface area contributed by atoms with E-state index in [0.717, 1.165) is 0 Å². The average molecular weight is 267 g/mol. The Labute approximate surface area is 102 Å². The summed E-state index contributed by atoms with van der Waals surface area (Å²) in [5.74, 6) is -1.29. The van der Waals surface area contributed by atoms with Gasteiger partial charge in [-0.25, -0.2) is 0 Å². The third-order valence-corrected chi connectivity index (χ3v) is 2.61. The first kappa shape index (κ1) is 15.2. The lowest BCUT2D eigenvalue weighted by atomic mass is 9.99. The molecule has 1 aliphatic rings. The third kappa shape index (κ3) is 3.36. The number of hydrogen-bond acceptors (Lipinski definition) is 8. The molecule has 7 N–H and O–H groups in total. The summed E-state index contributed by atoms with van der Waals surface area (Å²) < 4.78 is 9.89. The normalized spacial score (nSPS) is 38.4. The number of nitrogens with two attached hydrogens (primary N) is 1. The molecule has 0 unspecified atom stereocenters. The summed E-state index contributed by atoms with van der Waals surface area (Å²) in [6.45, 7) is -1.03. The quantitative estimate of drug-likeness (QED) is 0.293. The van der Waals surface area contributed by atoms with Crippen LogP contribution in [0.5, 0.6) is 0 Å². The molecule has 18 heavy (non-hydrogen) atoms. The van der Waals surface area contributed by atoms with Gasteiger partial charge in [0.1, 0.15) is 30.5 Å². The first-order valence-corrected chi connectivity index (χ1v) is 5.29. The summed E-state index contributed by atoms with van der Waals surface area (Å²) in [7, 11) is 0. The Morgan fingerprint density at radius 3 is 2.39 bits per heavy atom. The van der Waals surface area contributed by atoms with Crippen molar-refractivity contribution in [1.82, 2.24) is 0 Å². The minimum Gasteiger partial charge on any atom is -0.480 e. The third-order valence-electron chi connectivity index (χ3n) is 2.61. The van der Waals surface area contributed by atoms with E-state index in [2.05, 4.69) is 0 Å². The highest BCUT2D eigenvalue weighted by atomic mass is 16.7. The lowest BCUT2D eigenvalue weighted by Gasteiger charge is -2.39. The van der Waals surface area contributed by atoms with Crippen molar-refractivity contribution in [2.24, 2.45) is 5.73 Å². The Morgan fingerprint density at radius 2 is 1.89 bits per heavy atom. The largest absolute Gasteiger partial charge is 0.480 e. The number of aliphatic hydroxyl groups is 4. The fourth-order valence-corrected chi connectivity index (χ4v) is 1.47. The van der Waals surface area contributed by atoms with E-state index in [0.29, 0.717) is 0 Å². The smallest absolute Gasteiger partial charge is 0.322 e. The van der Waals surface area contributed by atoms with Gasteiger partial charge >= 0.3 is 5.97 Å². The van der Waals surface area contributed by atoms with E-state index in [1.165, 1.54) is 0 Å². The Balaban J connectivity index is 2.56. The van der Waals surface area contributed by atoms with E-state index < -0.39 is 55.9 Å². The van der Waals surface area contributed by atoms with E-state index in [9.17, 15) is 20.1 Å². The predicted molar refractivity (Wildman–Crippen MR) is 55.3 cm³/mol. The van der Waals surface area contributed by atoms with Crippen molar-refractivity contribution in [3.05, 3.63) is 0 Å². The van der Waals surface area contributed by atoms with Gasteiger partial charge in [-0.3, -0.25) is 4.79 Å². The second-order valence-corrected chi connectivity index (χ2v) is 3.98. The Morgan fingerprint density at radius 1 is 1.28 bits per heavy atom. The van der Waals surface area contributed by atoms with Crippen LogP contribution in [0.1, 0.15) is 0 Å². The van der Waals surface area contributed by atoms with Gasteiger partial charge in [-0.05, 0) is 0 Å². The minimum absolute atomic E-state index is 0.446. The highest BCUT2D eigenvalue weighted by molar-refractivity contribution is 5.73. The number of carbonyl (C=O) groups is 1. The van der Waals surface area contributed by atoms with Crippen LogP contribution in [0.2, 0.25) is 0 Å². The second-order valence-electron chi connectivity index (χ2n) is 3.98. The molecule has 0 aliphatic carbocycles.